The molecule has 0 amide bonds. The molecular formula is C7H8N4O. The topological polar surface area (TPSA) is 76.2 Å². The second-order valence-electron chi connectivity index (χ2n) is 2.45. The number of aromatic amines is 1. The number of nitrogens with two attached hydrogens (primary N) is 1. The molecular weight excluding hydrogens is 156 g/mol. The molecule has 0 atom stereocenters. The number of rotatable bonds is 1. The summed E-state index contributed by atoms with van der Waals surface area (Å²) in [6.07, 6.45) is 4.78. The van der Waals surface area contributed by atoms with E-state index < -0.39 is 0 Å². The predicted molar refractivity (Wildman–Crippen MR) is 43.7 cm³/mol. The quantitative estimate of drug-likeness (QED) is 0.595. The van der Waals surface area contributed by atoms with Gasteiger partial charge in [0.2, 0.25) is 5.78 Å². The molecule has 3 N–H and O–H groups in total. The maximum Gasteiger partial charge on any atom is 0.263 e. The fourth-order valence-electron chi connectivity index (χ4n) is 1.08. The van der Waals surface area contributed by atoms with Gasteiger partial charge in [0.1, 0.15) is 0 Å². The summed E-state index contributed by atoms with van der Waals surface area (Å²) in [5, 5.41) is 0. The minimum Gasteiger partial charge on any atom is -0.330 e. The van der Waals surface area contributed by atoms with E-state index in [2.05, 4.69) is 9.97 Å². The minimum atomic E-state index is -0.108. The lowest BCUT2D eigenvalue weighted by Crippen LogP contribution is -2.20. The maximum atomic E-state index is 11.4. The Balaban J connectivity index is 2.88. The number of nitrogens with zero attached hydrogens (tertiary/aromatic N) is 2. The van der Waals surface area contributed by atoms with Gasteiger partial charge < -0.3 is 10.7 Å². The van der Waals surface area contributed by atoms with Crippen LogP contribution in [0.25, 0.3) is 5.78 Å². The van der Waals surface area contributed by atoms with Crippen molar-refractivity contribution in [3.05, 3.63) is 34.5 Å². The Morgan fingerprint density at radius 2 is 2.50 bits per heavy atom. The predicted octanol–water partition coefficient (Wildman–Crippen LogP) is -0.519. The van der Waals surface area contributed by atoms with Gasteiger partial charge in [-0.2, -0.15) is 0 Å². The average Bonchev–Trinajstić information content (AvgIpc) is 2.53. The van der Waals surface area contributed by atoms with Gasteiger partial charge in [-0.05, 0) is 0 Å². The molecule has 0 radical (unpaired) electrons. The van der Waals surface area contributed by atoms with E-state index in [1.165, 1.54) is 10.6 Å². The normalized spacial score (nSPS) is 10.8. The summed E-state index contributed by atoms with van der Waals surface area (Å²) in [5.41, 5.74) is 5.76. The van der Waals surface area contributed by atoms with Crippen molar-refractivity contribution in [2.24, 2.45) is 5.73 Å². The Labute approximate surface area is 67.9 Å². The first-order chi connectivity index (χ1) is 5.83. The lowest BCUT2D eigenvalue weighted by Gasteiger charge is -1.95. The van der Waals surface area contributed by atoms with E-state index in [1.807, 2.05) is 0 Å². The molecule has 5 nitrogen and oxygen atoms in total. The largest absolute Gasteiger partial charge is 0.330 e. The molecule has 0 bridgehead atoms. The number of hydrogen-bond acceptors (Lipinski definition) is 3. The Morgan fingerprint density at radius 3 is 3.25 bits per heavy atom. The highest BCUT2D eigenvalue weighted by molar-refractivity contribution is 5.28. The summed E-state index contributed by atoms with van der Waals surface area (Å²) in [5.74, 6) is 0.539. The van der Waals surface area contributed by atoms with Crippen LogP contribution in [0.4, 0.5) is 0 Å². The molecule has 5 heteroatoms. The van der Waals surface area contributed by atoms with E-state index in [9.17, 15) is 4.79 Å². The molecule has 2 heterocycles. The van der Waals surface area contributed by atoms with Gasteiger partial charge in [-0.25, -0.2) is 4.98 Å². The van der Waals surface area contributed by atoms with Crippen molar-refractivity contribution < 1.29 is 0 Å². The molecule has 0 aliphatic carbocycles. The molecule has 2 aromatic heterocycles. The average molecular weight is 164 g/mol. The van der Waals surface area contributed by atoms with Crippen LogP contribution < -0.4 is 11.3 Å². The van der Waals surface area contributed by atoms with Crippen LogP contribution in [0.2, 0.25) is 0 Å². The zero-order chi connectivity index (χ0) is 8.55. The third kappa shape index (κ3) is 0.835. The van der Waals surface area contributed by atoms with Crippen LogP contribution in [0.5, 0.6) is 0 Å². The Hall–Kier alpha value is -1.62. The van der Waals surface area contributed by atoms with Crippen molar-refractivity contribution in [2.75, 3.05) is 0 Å². The number of aromatic nitrogens is 3. The highest BCUT2D eigenvalue weighted by Crippen LogP contribution is 1.92. The molecule has 0 saturated heterocycles. The van der Waals surface area contributed by atoms with Gasteiger partial charge in [0.05, 0.1) is 0 Å². The fraction of sp³-hybridized carbons (Fsp3) is 0.143. The molecule has 0 aromatic carbocycles. The maximum absolute atomic E-state index is 11.4. The summed E-state index contributed by atoms with van der Waals surface area (Å²) in [4.78, 5) is 18.3. The van der Waals surface area contributed by atoms with Crippen LogP contribution >= 0.6 is 0 Å². The number of H-pyrrole nitrogens is 1. The first kappa shape index (κ1) is 7.05. The number of hydrogen-bond donors (Lipinski definition) is 2. The van der Waals surface area contributed by atoms with Crippen molar-refractivity contribution >= 4 is 5.78 Å². The summed E-state index contributed by atoms with van der Waals surface area (Å²) < 4.78 is 1.43. The zero-order valence-corrected chi connectivity index (χ0v) is 6.32. The Bertz CT molecular complexity index is 456. The van der Waals surface area contributed by atoms with E-state index >= 15 is 0 Å². The lowest BCUT2D eigenvalue weighted by atomic mass is 10.3. The summed E-state index contributed by atoms with van der Waals surface area (Å²) in [6, 6.07) is 0. The highest BCUT2D eigenvalue weighted by Gasteiger charge is 2.01. The second-order valence-corrected chi connectivity index (χ2v) is 2.45. The van der Waals surface area contributed by atoms with Crippen LogP contribution in [0, 0.1) is 0 Å². The van der Waals surface area contributed by atoms with E-state index in [4.69, 9.17) is 5.73 Å². The summed E-state index contributed by atoms with van der Waals surface area (Å²) in [6.45, 7) is 0.222. The Kier molecular flexibility index (Phi) is 1.44. The van der Waals surface area contributed by atoms with Crippen LogP contribution in [-0.4, -0.2) is 14.4 Å². The lowest BCUT2D eigenvalue weighted by molar-refractivity contribution is 0.949. The van der Waals surface area contributed by atoms with Crippen LogP contribution in [0.1, 0.15) is 5.56 Å². The van der Waals surface area contributed by atoms with Gasteiger partial charge in [0, 0.05) is 30.7 Å². The van der Waals surface area contributed by atoms with Gasteiger partial charge in [-0.3, -0.25) is 9.20 Å². The molecule has 0 aliphatic rings. The van der Waals surface area contributed by atoms with Crippen molar-refractivity contribution in [1.82, 2.24) is 14.4 Å². The molecule has 0 aliphatic heterocycles. The summed E-state index contributed by atoms with van der Waals surface area (Å²) >= 11 is 0. The van der Waals surface area contributed by atoms with Crippen molar-refractivity contribution in [1.29, 1.82) is 0 Å². The molecule has 0 saturated carbocycles. The number of fused-ring (bicyclic) bond motifs is 1. The molecule has 0 spiro atoms. The van der Waals surface area contributed by atoms with Gasteiger partial charge in [0.15, 0.2) is 0 Å². The zero-order valence-electron chi connectivity index (χ0n) is 6.32. The van der Waals surface area contributed by atoms with E-state index in [0.29, 0.717) is 11.3 Å². The monoisotopic (exact) mass is 164 g/mol. The molecule has 2 rings (SSSR count). The number of nitrogens with one attached hydrogen (secondary N) is 1. The standard InChI is InChI=1S/C7H8N4O/c8-3-5-4-10-7-9-1-2-11(7)6(5)12/h1-2,4H,3,8H2,(H,9,10). The van der Waals surface area contributed by atoms with Gasteiger partial charge in [0.25, 0.3) is 5.56 Å². The third-order valence-electron chi connectivity index (χ3n) is 1.72. The molecule has 2 aromatic rings. The van der Waals surface area contributed by atoms with Gasteiger partial charge in [-0.1, -0.05) is 0 Å². The van der Waals surface area contributed by atoms with E-state index in [1.54, 1.807) is 12.4 Å². The summed E-state index contributed by atoms with van der Waals surface area (Å²) in [7, 11) is 0. The first-order valence-electron chi connectivity index (χ1n) is 3.56. The van der Waals surface area contributed by atoms with Crippen LogP contribution in [-0.2, 0) is 6.54 Å². The Morgan fingerprint density at radius 1 is 1.67 bits per heavy atom. The molecule has 12 heavy (non-hydrogen) atoms. The SMILES string of the molecule is NCc1cnc2[nH]ccn2c1=O. The van der Waals surface area contributed by atoms with Gasteiger partial charge in [-0.15, -0.1) is 0 Å². The second kappa shape index (κ2) is 2.46. The third-order valence-corrected chi connectivity index (χ3v) is 1.72. The van der Waals surface area contributed by atoms with Crippen LogP contribution in [0.3, 0.4) is 0 Å². The van der Waals surface area contributed by atoms with Gasteiger partial charge >= 0.3 is 0 Å². The van der Waals surface area contributed by atoms with Crippen molar-refractivity contribution in [3.8, 4) is 0 Å². The van der Waals surface area contributed by atoms with Crippen molar-refractivity contribution in [3.63, 3.8) is 0 Å². The van der Waals surface area contributed by atoms with E-state index in [-0.39, 0.29) is 12.1 Å². The smallest absolute Gasteiger partial charge is 0.263 e. The molecule has 0 fully saturated rings. The van der Waals surface area contributed by atoms with Crippen molar-refractivity contribution in [2.45, 2.75) is 6.54 Å². The van der Waals surface area contributed by atoms with Crippen LogP contribution in [0.15, 0.2) is 23.4 Å². The fourth-order valence-corrected chi connectivity index (χ4v) is 1.08. The number of imidazole rings is 1. The molecule has 62 valence electrons. The van der Waals surface area contributed by atoms with E-state index in [0.717, 1.165) is 0 Å². The molecule has 0 unspecified atom stereocenters. The highest BCUT2D eigenvalue weighted by atomic mass is 16.1. The first-order valence-corrected chi connectivity index (χ1v) is 3.56. The minimum absolute atomic E-state index is 0.108.